The summed E-state index contributed by atoms with van der Waals surface area (Å²) in [6.45, 7) is 0. The van der Waals surface area contributed by atoms with Gasteiger partial charge in [0, 0.05) is 11.6 Å². The quantitative estimate of drug-likeness (QED) is 0.500. The number of phenolic OH excluding ortho intramolecular Hbond substituents is 1. The van der Waals surface area contributed by atoms with Crippen molar-refractivity contribution in [3.8, 4) is 11.5 Å². The van der Waals surface area contributed by atoms with Crippen molar-refractivity contribution in [2.45, 2.75) is 0 Å². The predicted molar refractivity (Wildman–Crippen MR) is 79.0 cm³/mol. The fourth-order valence-corrected chi connectivity index (χ4v) is 1.71. The third kappa shape index (κ3) is 3.27. The van der Waals surface area contributed by atoms with E-state index in [0.717, 1.165) is 0 Å². The van der Waals surface area contributed by atoms with Gasteiger partial charge in [0.1, 0.15) is 5.69 Å². The molecule has 2 N–H and O–H groups in total. The fraction of sp³-hybridized carbons (Fsp3) is 0.0714. The monoisotopic (exact) mass is 287 g/mol. The zero-order valence-corrected chi connectivity index (χ0v) is 11.2. The molecule has 0 heterocycles. The number of nitro benzene ring substituents is 1. The van der Waals surface area contributed by atoms with Crippen molar-refractivity contribution >= 4 is 17.6 Å². The summed E-state index contributed by atoms with van der Waals surface area (Å²) >= 11 is 0. The molecule has 7 heteroatoms. The van der Waals surface area contributed by atoms with Gasteiger partial charge in [-0.15, -0.1) is 0 Å². The lowest BCUT2D eigenvalue weighted by Gasteiger charge is -2.05. The van der Waals surface area contributed by atoms with Crippen LogP contribution in [0.4, 0.5) is 11.4 Å². The summed E-state index contributed by atoms with van der Waals surface area (Å²) in [6.07, 6.45) is 1.36. The molecule has 0 saturated carbocycles. The number of nitrogens with one attached hydrogen (secondary N) is 1. The molecule has 2 aromatic rings. The Morgan fingerprint density at radius 2 is 2.05 bits per heavy atom. The number of anilines is 1. The number of methoxy groups -OCH3 is 1. The van der Waals surface area contributed by atoms with E-state index in [0.29, 0.717) is 11.3 Å². The van der Waals surface area contributed by atoms with Crippen molar-refractivity contribution in [1.29, 1.82) is 0 Å². The second kappa shape index (κ2) is 6.38. The standard InChI is InChI=1S/C14H13N3O4/c1-21-13-8-4-5-10(14(13)18)9-15-16-11-6-2-3-7-12(11)17(19)20/h2-9,16,18H,1H3/b15-9-. The second-order valence-corrected chi connectivity index (χ2v) is 4.04. The van der Waals surface area contributed by atoms with Crippen molar-refractivity contribution in [2.75, 3.05) is 12.5 Å². The van der Waals surface area contributed by atoms with E-state index in [1.165, 1.54) is 19.4 Å². The number of rotatable bonds is 5. The van der Waals surface area contributed by atoms with Crippen LogP contribution in [0.1, 0.15) is 5.56 Å². The average Bonchev–Trinajstić information content (AvgIpc) is 2.49. The minimum absolute atomic E-state index is 0.0480. The molecule has 0 aromatic heterocycles. The van der Waals surface area contributed by atoms with Crippen LogP contribution in [0.25, 0.3) is 0 Å². The van der Waals surface area contributed by atoms with Crippen LogP contribution in [-0.2, 0) is 0 Å². The predicted octanol–water partition coefficient (Wildman–Crippen LogP) is 2.76. The summed E-state index contributed by atoms with van der Waals surface area (Å²) in [7, 11) is 1.45. The fourth-order valence-electron chi connectivity index (χ4n) is 1.71. The molecule has 0 amide bonds. The van der Waals surface area contributed by atoms with E-state index in [1.807, 2.05) is 0 Å². The van der Waals surface area contributed by atoms with Crippen LogP contribution < -0.4 is 10.2 Å². The highest BCUT2D eigenvalue weighted by Gasteiger charge is 2.11. The molecule has 2 aromatic carbocycles. The van der Waals surface area contributed by atoms with Crippen LogP contribution in [0, 0.1) is 10.1 Å². The zero-order valence-electron chi connectivity index (χ0n) is 11.2. The van der Waals surface area contributed by atoms with Gasteiger partial charge in [-0.05, 0) is 18.2 Å². The summed E-state index contributed by atoms with van der Waals surface area (Å²) < 4.78 is 4.98. The number of para-hydroxylation sites is 3. The smallest absolute Gasteiger partial charge is 0.294 e. The van der Waals surface area contributed by atoms with Crippen molar-refractivity contribution in [1.82, 2.24) is 0 Å². The molecule has 0 aliphatic carbocycles. The molecule has 21 heavy (non-hydrogen) atoms. The molecule has 0 unspecified atom stereocenters. The number of hydrazone groups is 1. The summed E-state index contributed by atoms with van der Waals surface area (Å²) in [5.41, 5.74) is 3.20. The first kappa shape index (κ1) is 14.3. The Balaban J connectivity index is 2.19. The summed E-state index contributed by atoms with van der Waals surface area (Å²) in [5.74, 6) is 0.276. The summed E-state index contributed by atoms with van der Waals surface area (Å²) in [6, 6.07) is 11.1. The Hall–Kier alpha value is -3.09. The van der Waals surface area contributed by atoms with Crippen LogP contribution >= 0.6 is 0 Å². The van der Waals surface area contributed by atoms with Crippen LogP contribution in [0.15, 0.2) is 47.6 Å². The van der Waals surface area contributed by atoms with Crippen LogP contribution in [0.5, 0.6) is 11.5 Å². The molecule has 0 saturated heterocycles. The second-order valence-electron chi connectivity index (χ2n) is 4.04. The molecular formula is C14H13N3O4. The van der Waals surface area contributed by atoms with Gasteiger partial charge in [-0.2, -0.15) is 5.10 Å². The molecular weight excluding hydrogens is 274 g/mol. The van der Waals surface area contributed by atoms with Crippen LogP contribution in [-0.4, -0.2) is 23.4 Å². The minimum Gasteiger partial charge on any atom is -0.504 e. The Morgan fingerprint density at radius 1 is 1.29 bits per heavy atom. The van der Waals surface area contributed by atoms with Crippen LogP contribution in [0.3, 0.4) is 0 Å². The first-order valence-corrected chi connectivity index (χ1v) is 6.02. The first-order chi connectivity index (χ1) is 10.1. The van der Waals surface area contributed by atoms with E-state index in [-0.39, 0.29) is 17.1 Å². The highest BCUT2D eigenvalue weighted by molar-refractivity contribution is 5.85. The van der Waals surface area contributed by atoms with E-state index < -0.39 is 4.92 Å². The number of hydrogen-bond acceptors (Lipinski definition) is 6. The number of phenols is 1. The molecule has 0 spiro atoms. The summed E-state index contributed by atoms with van der Waals surface area (Å²) in [4.78, 5) is 10.4. The zero-order chi connectivity index (χ0) is 15.2. The highest BCUT2D eigenvalue weighted by Crippen LogP contribution is 2.28. The van der Waals surface area contributed by atoms with Crippen molar-refractivity contribution < 1.29 is 14.8 Å². The van der Waals surface area contributed by atoms with Gasteiger partial charge in [-0.1, -0.05) is 18.2 Å². The number of ether oxygens (including phenoxy) is 1. The lowest BCUT2D eigenvalue weighted by atomic mass is 10.2. The molecule has 0 fully saturated rings. The lowest BCUT2D eigenvalue weighted by molar-refractivity contribution is -0.384. The SMILES string of the molecule is COc1cccc(/C=N\Nc2ccccc2[N+](=O)[O-])c1O. The Morgan fingerprint density at radius 3 is 2.76 bits per heavy atom. The normalized spacial score (nSPS) is 10.5. The Bertz CT molecular complexity index is 686. The van der Waals surface area contributed by atoms with Gasteiger partial charge in [0.25, 0.3) is 5.69 Å². The molecule has 2 rings (SSSR count). The van der Waals surface area contributed by atoms with E-state index >= 15 is 0 Å². The van der Waals surface area contributed by atoms with Gasteiger partial charge < -0.3 is 9.84 Å². The largest absolute Gasteiger partial charge is 0.504 e. The number of hydrogen-bond donors (Lipinski definition) is 2. The lowest BCUT2D eigenvalue weighted by Crippen LogP contribution is -1.97. The average molecular weight is 287 g/mol. The third-order valence-corrected chi connectivity index (χ3v) is 2.74. The number of nitrogens with zero attached hydrogens (tertiary/aromatic N) is 2. The van der Waals surface area contributed by atoms with Crippen molar-refractivity contribution in [2.24, 2.45) is 5.10 Å². The first-order valence-electron chi connectivity index (χ1n) is 6.02. The maximum absolute atomic E-state index is 10.8. The summed E-state index contributed by atoms with van der Waals surface area (Å²) in [5, 5.41) is 24.6. The van der Waals surface area contributed by atoms with Gasteiger partial charge >= 0.3 is 0 Å². The topological polar surface area (TPSA) is 97.0 Å². The third-order valence-electron chi connectivity index (χ3n) is 2.74. The molecule has 0 radical (unpaired) electrons. The van der Waals surface area contributed by atoms with E-state index in [1.54, 1.807) is 36.4 Å². The highest BCUT2D eigenvalue weighted by atomic mass is 16.6. The van der Waals surface area contributed by atoms with Gasteiger partial charge in [-0.25, -0.2) is 0 Å². The maximum Gasteiger partial charge on any atom is 0.294 e. The van der Waals surface area contributed by atoms with Crippen molar-refractivity contribution in [3.05, 3.63) is 58.1 Å². The molecule has 0 aliphatic heterocycles. The van der Waals surface area contributed by atoms with Crippen LogP contribution in [0.2, 0.25) is 0 Å². The van der Waals surface area contributed by atoms with Gasteiger partial charge in [0.15, 0.2) is 11.5 Å². The molecule has 0 aliphatic rings. The maximum atomic E-state index is 10.8. The molecule has 7 nitrogen and oxygen atoms in total. The number of aromatic hydroxyl groups is 1. The number of nitro groups is 1. The number of benzene rings is 2. The molecule has 108 valence electrons. The molecule has 0 atom stereocenters. The van der Waals surface area contributed by atoms with Crippen molar-refractivity contribution in [3.63, 3.8) is 0 Å². The molecule has 0 bridgehead atoms. The van der Waals surface area contributed by atoms with E-state index in [4.69, 9.17) is 4.74 Å². The van der Waals surface area contributed by atoms with Gasteiger partial charge in [-0.3, -0.25) is 15.5 Å². The Labute approximate surface area is 120 Å². The minimum atomic E-state index is -0.499. The van der Waals surface area contributed by atoms with E-state index in [2.05, 4.69) is 10.5 Å². The van der Waals surface area contributed by atoms with Gasteiger partial charge in [0.05, 0.1) is 18.2 Å². The van der Waals surface area contributed by atoms with Gasteiger partial charge in [0.2, 0.25) is 0 Å². The Kier molecular flexibility index (Phi) is 4.35. The van der Waals surface area contributed by atoms with E-state index in [9.17, 15) is 15.2 Å².